The van der Waals surface area contributed by atoms with Crippen molar-refractivity contribution in [3.63, 3.8) is 0 Å². The van der Waals surface area contributed by atoms with Crippen molar-refractivity contribution in [1.29, 1.82) is 0 Å². The summed E-state index contributed by atoms with van der Waals surface area (Å²) in [4.78, 5) is 44.8. The number of fused-ring (bicyclic) bond motifs is 1. The number of aryl methyl sites for hydroxylation is 4. The van der Waals surface area contributed by atoms with Crippen molar-refractivity contribution in [2.75, 3.05) is 0 Å². The number of hydrogen-bond donors (Lipinski definition) is 1. The van der Waals surface area contributed by atoms with Crippen LogP contribution in [-0.2, 0) is 29.7 Å². The molecule has 0 spiro atoms. The summed E-state index contributed by atoms with van der Waals surface area (Å²) in [7, 11) is 0. The molecule has 0 aliphatic heterocycles. The van der Waals surface area contributed by atoms with Crippen molar-refractivity contribution in [2.24, 2.45) is 5.73 Å². The van der Waals surface area contributed by atoms with Gasteiger partial charge in [-0.3, -0.25) is 14.2 Å². The second-order valence-electron chi connectivity index (χ2n) is 8.44. The van der Waals surface area contributed by atoms with Gasteiger partial charge < -0.3 is 10.2 Å². The van der Waals surface area contributed by atoms with Gasteiger partial charge in [-0.05, 0) is 50.3 Å². The molecule has 1 amide bonds. The van der Waals surface area contributed by atoms with Gasteiger partial charge in [-0.1, -0.05) is 31.2 Å². The van der Waals surface area contributed by atoms with E-state index >= 15 is 0 Å². The Labute approximate surface area is 194 Å². The molecule has 2 N–H and O–H groups in total. The van der Waals surface area contributed by atoms with Crippen LogP contribution in [0.15, 0.2) is 50.7 Å². The summed E-state index contributed by atoms with van der Waals surface area (Å²) in [6.45, 7) is 7.19. The molecule has 0 unspecified atom stereocenters. The number of aromatic nitrogens is 3. The molecular formula is C24H26N4O4S. The van der Waals surface area contributed by atoms with Crippen molar-refractivity contribution in [2.45, 2.75) is 52.6 Å². The van der Waals surface area contributed by atoms with Crippen LogP contribution < -0.4 is 17.0 Å². The molecule has 3 aromatic heterocycles. The number of carbonyl (C=O) groups is 1. The average Bonchev–Trinajstić information content (AvgIpc) is 3.41. The molecule has 4 rings (SSSR count). The minimum Gasteiger partial charge on any atom is -0.444 e. The Morgan fingerprint density at radius 1 is 1.21 bits per heavy atom. The maximum Gasteiger partial charge on any atom is 0.333 e. The predicted octanol–water partition coefficient (Wildman–Crippen LogP) is 3.21. The molecule has 172 valence electrons. The SMILES string of the molecule is CCc1ccccc1CCn1c(=O)n(C(C)(C)C(N)=O)c(=O)c2c(C)c(-c3ncco3)sc21. The summed E-state index contributed by atoms with van der Waals surface area (Å²) in [5, 5.41) is 0.367. The van der Waals surface area contributed by atoms with Crippen molar-refractivity contribution < 1.29 is 9.21 Å². The first-order chi connectivity index (χ1) is 15.7. The Hall–Kier alpha value is -3.46. The third kappa shape index (κ3) is 3.72. The van der Waals surface area contributed by atoms with Gasteiger partial charge in [-0.25, -0.2) is 14.3 Å². The van der Waals surface area contributed by atoms with Crippen LogP contribution in [-0.4, -0.2) is 20.0 Å². The minimum atomic E-state index is -1.50. The number of nitrogens with two attached hydrogens (primary N) is 1. The zero-order valence-corrected chi connectivity index (χ0v) is 19.9. The van der Waals surface area contributed by atoms with Crippen LogP contribution in [0, 0.1) is 6.92 Å². The summed E-state index contributed by atoms with van der Waals surface area (Å²) in [6.07, 6.45) is 4.46. The molecule has 1 aromatic carbocycles. The fraction of sp³-hybridized carbons (Fsp3) is 0.333. The normalized spacial score (nSPS) is 11.9. The number of nitrogens with zero attached hydrogens (tertiary/aromatic N) is 3. The largest absolute Gasteiger partial charge is 0.444 e. The number of oxazole rings is 1. The highest BCUT2D eigenvalue weighted by molar-refractivity contribution is 7.22. The number of thiophene rings is 1. The molecular weight excluding hydrogens is 440 g/mol. The number of carbonyl (C=O) groups excluding carboxylic acids is 1. The zero-order chi connectivity index (χ0) is 23.9. The van der Waals surface area contributed by atoms with E-state index in [2.05, 4.69) is 18.0 Å². The number of hydrogen-bond acceptors (Lipinski definition) is 6. The van der Waals surface area contributed by atoms with E-state index < -0.39 is 22.7 Å². The average molecular weight is 467 g/mol. The van der Waals surface area contributed by atoms with Gasteiger partial charge in [0.1, 0.15) is 16.6 Å². The Morgan fingerprint density at radius 2 is 1.91 bits per heavy atom. The molecule has 0 radical (unpaired) electrons. The molecule has 0 aliphatic carbocycles. The summed E-state index contributed by atoms with van der Waals surface area (Å²) < 4.78 is 8.01. The number of rotatable bonds is 7. The molecule has 0 aliphatic rings. The third-order valence-corrected chi connectivity index (χ3v) is 7.41. The molecule has 33 heavy (non-hydrogen) atoms. The van der Waals surface area contributed by atoms with Gasteiger partial charge in [0.15, 0.2) is 0 Å². The van der Waals surface area contributed by atoms with Crippen molar-refractivity contribution in [3.8, 4) is 10.8 Å². The van der Waals surface area contributed by atoms with Crippen LogP contribution in [0.2, 0.25) is 0 Å². The van der Waals surface area contributed by atoms with Gasteiger partial charge >= 0.3 is 5.69 Å². The van der Waals surface area contributed by atoms with Crippen LogP contribution in [0.5, 0.6) is 0 Å². The van der Waals surface area contributed by atoms with Crippen LogP contribution in [0.1, 0.15) is 37.5 Å². The summed E-state index contributed by atoms with van der Waals surface area (Å²) in [5.74, 6) is -0.381. The smallest absolute Gasteiger partial charge is 0.333 e. The topological polar surface area (TPSA) is 113 Å². The Balaban J connectivity index is 1.99. The molecule has 0 bridgehead atoms. The lowest BCUT2D eigenvalue weighted by atomic mass is 10.0. The minimum absolute atomic E-state index is 0.340. The fourth-order valence-electron chi connectivity index (χ4n) is 4.06. The standard InChI is InChI=1S/C24H26N4O4S/c1-5-15-8-6-7-9-16(15)10-12-27-21-17(14(2)18(33-21)19-26-11-13-32-19)20(29)28(23(27)31)24(3,4)22(25)30/h6-9,11,13H,5,10,12H2,1-4H3,(H2,25,30). The van der Waals surface area contributed by atoms with Gasteiger partial charge in [-0.2, -0.15) is 0 Å². The van der Waals surface area contributed by atoms with Crippen LogP contribution >= 0.6 is 11.3 Å². The van der Waals surface area contributed by atoms with E-state index in [1.165, 1.54) is 43.2 Å². The molecule has 0 saturated carbocycles. The van der Waals surface area contributed by atoms with E-state index in [1.807, 2.05) is 18.2 Å². The van der Waals surface area contributed by atoms with Crippen LogP contribution in [0.25, 0.3) is 21.0 Å². The lowest BCUT2D eigenvalue weighted by molar-refractivity contribution is -0.125. The van der Waals surface area contributed by atoms with Gasteiger partial charge in [0.25, 0.3) is 5.56 Å². The summed E-state index contributed by atoms with van der Waals surface area (Å²) in [6, 6.07) is 8.08. The van der Waals surface area contributed by atoms with Gasteiger partial charge in [0.05, 0.1) is 16.5 Å². The predicted molar refractivity (Wildman–Crippen MR) is 129 cm³/mol. The molecule has 8 nitrogen and oxygen atoms in total. The maximum atomic E-state index is 13.6. The van der Waals surface area contributed by atoms with E-state index in [-0.39, 0.29) is 0 Å². The van der Waals surface area contributed by atoms with E-state index in [0.29, 0.717) is 39.5 Å². The van der Waals surface area contributed by atoms with Crippen LogP contribution in [0.4, 0.5) is 0 Å². The highest BCUT2D eigenvalue weighted by atomic mass is 32.1. The van der Waals surface area contributed by atoms with E-state index in [4.69, 9.17) is 10.2 Å². The lowest BCUT2D eigenvalue weighted by Gasteiger charge is -2.24. The first-order valence-electron chi connectivity index (χ1n) is 10.7. The Morgan fingerprint density at radius 3 is 2.52 bits per heavy atom. The molecule has 0 atom stereocenters. The van der Waals surface area contributed by atoms with Crippen LogP contribution in [0.3, 0.4) is 0 Å². The highest BCUT2D eigenvalue weighted by Gasteiger charge is 2.34. The number of primary amides is 1. The first kappa shape index (κ1) is 22.7. The van der Waals surface area contributed by atoms with Crippen molar-refractivity contribution in [1.82, 2.24) is 14.1 Å². The summed E-state index contributed by atoms with van der Waals surface area (Å²) >= 11 is 1.29. The second-order valence-corrected chi connectivity index (χ2v) is 9.44. The first-order valence-corrected chi connectivity index (χ1v) is 11.6. The van der Waals surface area contributed by atoms with Gasteiger partial charge in [0.2, 0.25) is 11.8 Å². The molecule has 4 aromatic rings. The van der Waals surface area contributed by atoms with E-state index in [0.717, 1.165) is 16.6 Å². The van der Waals surface area contributed by atoms with Gasteiger partial charge in [0, 0.05) is 6.54 Å². The number of amides is 1. The lowest BCUT2D eigenvalue weighted by Crippen LogP contribution is -2.54. The molecule has 0 saturated heterocycles. The Bertz CT molecular complexity index is 1460. The Kier molecular flexibility index (Phi) is 5.84. The summed E-state index contributed by atoms with van der Waals surface area (Å²) in [5.41, 5.74) is 5.97. The zero-order valence-electron chi connectivity index (χ0n) is 19.0. The highest BCUT2D eigenvalue weighted by Crippen LogP contribution is 2.35. The fourth-order valence-corrected chi connectivity index (χ4v) is 5.32. The monoisotopic (exact) mass is 466 g/mol. The van der Waals surface area contributed by atoms with Crippen molar-refractivity contribution in [3.05, 3.63) is 74.3 Å². The molecule has 3 heterocycles. The second kappa shape index (κ2) is 8.47. The van der Waals surface area contributed by atoms with E-state index in [9.17, 15) is 14.4 Å². The van der Waals surface area contributed by atoms with E-state index in [1.54, 1.807) is 11.5 Å². The molecule has 9 heteroatoms. The third-order valence-electron chi connectivity index (χ3n) is 6.11. The molecule has 0 fully saturated rings. The number of benzene rings is 1. The van der Waals surface area contributed by atoms with Gasteiger partial charge in [-0.15, -0.1) is 11.3 Å². The maximum absolute atomic E-state index is 13.6. The quantitative estimate of drug-likeness (QED) is 0.449. The van der Waals surface area contributed by atoms with Crippen molar-refractivity contribution >= 4 is 27.5 Å².